The molecule has 148 valence electrons. The zero-order valence-corrected chi connectivity index (χ0v) is 16.7. The summed E-state index contributed by atoms with van der Waals surface area (Å²) < 4.78 is 0. The highest BCUT2D eigenvalue weighted by Crippen LogP contribution is 2.32. The number of imidazole rings is 1. The van der Waals surface area contributed by atoms with E-state index in [0.717, 1.165) is 50.1 Å². The Hall–Kier alpha value is -4.39. The minimum atomic E-state index is 0.633. The van der Waals surface area contributed by atoms with E-state index in [4.69, 9.17) is 4.98 Å². The zero-order valence-electron chi connectivity index (χ0n) is 16.7. The maximum atomic E-state index is 4.72. The molecule has 0 radical (unpaired) electrons. The molecule has 7 heteroatoms. The van der Waals surface area contributed by atoms with Crippen molar-refractivity contribution in [2.75, 3.05) is 0 Å². The van der Waals surface area contributed by atoms with Gasteiger partial charge in [-0.2, -0.15) is 5.10 Å². The van der Waals surface area contributed by atoms with Gasteiger partial charge in [0.05, 0.1) is 16.7 Å². The normalized spacial score (nSPS) is 11.4. The lowest BCUT2D eigenvalue weighted by atomic mass is 10.0. The van der Waals surface area contributed by atoms with E-state index >= 15 is 0 Å². The van der Waals surface area contributed by atoms with Crippen molar-refractivity contribution in [2.24, 2.45) is 0 Å². The summed E-state index contributed by atoms with van der Waals surface area (Å²) in [4.78, 5) is 21.4. The fourth-order valence-electron chi connectivity index (χ4n) is 3.85. The molecule has 2 N–H and O–H groups in total. The summed E-state index contributed by atoms with van der Waals surface area (Å²) in [7, 11) is 0. The van der Waals surface area contributed by atoms with Gasteiger partial charge >= 0.3 is 0 Å². The minimum Gasteiger partial charge on any atom is -0.335 e. The highest BCUT2D eigenvalue weighted by Gasteiger charge is 2.16. The molecule has 5 heterocycles. The first-order chi connectivity index (χ1) is 15.3. The second-order valence-electron chi connectivity index (χ2n) is 7.44. The summed E-state index contributed by atoms with van der Waals surface area (Å²) in [5.41, 5.74) is 8.25. The molecule has 7 nitrogen and oxygen atoms in total. The Kier molecular flexibility index (Phi) is 3.86. The molecule has 5 aromatic heterocycles. The van der Waals surface area contributed by atoms with E-state index in [2.05, 4.69) is 48.3 Å². The van der Waals surface area contributed by atoms with Crippen molar-refractivity contribution < 1.29 is 0 Å². The second kappa shape index (κ2) is 6.84. The van der Waals surface area contributed by atoms with Gasteiger partial charge < -0.3 is 4.98 Å². The number of aryl methyl sites for hydroxylation is 1. The molecule has 0 unspecified atom stereocenters. The predicted octanol–water partition coefficient (Wildman–Crippen LogP) is 4.93. The number of aromatic amines is 2. The van der Waals surface area contributed by atoms with Gasteiger partial charge in [-0.1, -0.05) is 12.1 Å². The number of pyridine rings is 3. The number of H-pyrrole nitrogens is 2. The highest BCUT2D eigenvalue weighted by atomic mass is 15.1. The number of rotatable bonds is 3. The molecule has 0 amide bonds. The van der Waals surface area contributed by atoms with Gasteiger partial charge in [-0.25, -0.2) is 9.97 Å². The number of aromatic nitrogens is 7. The smallest absolute Gasteiger partial charge is 0.178 e. The summed E-state index contributed by atoms with van der Waals surface area (Å²) in [6.45, 7) is 2.04. The Bertz CT molecular complexity index is 1550. The largest absolute Gasteiger partial charge is 0.335 e. The van der Waals surface area contributed by atoms with Crippen LogP contribution in [0.15, 0.2) is 73.3 Å². The van der Waals surface area contributed by atoms with E-state index in [1.807, 2.05) is 49.6 Å². The van der Waals surface area contributed by atoms with Crippen LogP contribution in [-0.2, 0) is 0 Å². The molecule has 0 aliphatic heterocycles. The topological polar surface area (TPSA) is 96.0 Å². The van der Waals surface area contributed by atoms with Crippen molar-refractivity contribution in [1.29, 1.82) is 0 Å². The molecule has 6 aromatic rings. The van der Waals surface area contributed by atoms with Gasteiger partial charge in [-0.3, -0.25) is 15.1 Å². The summed E-state index contributed by atoms with van der Waals surface area (Å²) in [6, 6.07) is 16.1. The first kappa shape index (κ1) is 17.5. The van der Waals surface area contributed by atoms with Crippen molar-refractivity contribution >= 4 is 22.1 Å². The van der Waals surface area contributed by atoms with E-state index in [-0.39, 0.29) is 0 Å². The van der Waals surface area contributed by atoms with Crippen LogP contribution in [0, 0.1) is 6.92 Å². The van der Waals surface area contributed by atoms with Gasteiger partial charge in [0, 0.05) is 41.3 Å². The van der Waals surface area contributed by atoms with Crippen LogP contribution < -0.4 is 0 Å². The lowest BCUT2D eigenvalue weighted by Gasteiger charge is -2.03. The third-order valence-electron chi connectivity index (χ3n) is 5.33. The monoisotopic (exact) mass is 403 g/mol. The molecular formula is C24H17N7. The van der Waals surface area contributed by atoms with Crippen molar-refractivity contribution in [2.45, 2.75) is 6.92 Å². The summed E-state index contributed by atoms with van der Waals surface area (Å²) in [5, 5.41) is 8.63. The number of benzene rings is 1. The molecule has 0 aliphatic carbocycles. The fourth-order valence-corrected chi connectivity index (χ4v) is 3.85. The Morgan fingerprint density at radius 3 is 2.71 bits per heavy atom. The average molecular weight is 403 g/mol. The number of nitrogens with one attached hydrogen (secondary N) is 2. The van der Waals surface area contributed by atoms with Gasteiger partial charge in [-0.15, -0.1) is 0 Å². The van der Waals surface area contributed by atoms with E-state index in [1.54, 1.807) is 12.4 Å². The highest BCUT2D eigenvalue weighted by molar-refractivity contribution is 5.97. The summed E-state index contributed by atoms with van der Waals surface area (Å²) in [6.07, 6.45) is 7.26. The summed E-state index contributed by atoms with van der Waals surface area (Å²) in [5.74, 6) is 0.664. The third-order valence-corrected chi connectivity index (χ3v) is 5.33. The molecule has 0 saturated carbocycles. The lowest BCUT2D eigenvalue weighted by Crippen LogP contribution is -1.85. The molecular weight excluding hydrogens is 386 g/mol. The number of hydrogen-bond donors (Lipinski definition) is 2. The van der Waals surface area contributed by atoms with Gasteiger partial charge in [-0.05, 0) is 54.4 Å². The first-order valence-corrected chi connectivity index (χ1v) is 9.93. The molecule has 0 bridgehead atoms. The van der Waals surface area contributed by atoms with Crippen LogP contribution in [-0.4, -0.2) is 35.1 Å². The third kappa shape index (κ3) is 2.95. The average Bonchev–Trinajstić information content (AvgIpc) is 3.43. The molecule has 0 fully saturated rings. The maximum Gasteiger partial charge on any atom is 0.178 e. The minimum absolute atomic E-state index is 0.633. The quantitative estimate of drug-likeness (QED) is 0.437. The lowest BCUT2D eigenvalue weighted by molar-refractivity contribution is 1.10. The number of fused-ring (bicyclic) bond motifs is 2. The Morgan fingerprint density at radius 2 is 1.84 bits per heavy atom. The first-order valence-electron chi connectivity index (χ1n) is 9.93. The van der Waals surface area contributed by atoms with Crippen LogP contribution in [0.5, 0.6) is 0 Å². The SMILES string of the molecule is Cc1cncc(-c2ccc3[nH]nc(-c4nc5nccc(-c6ccccn6)c5[nH]4)c3c2)c1. The van der Waals surface area contributed by atoms with Crippen LogP contribution in [0.4, 0.5) is 0 Å². The Balaban J connectivity index is 1.51. The van der Waals surface area contributed by atoms with Crippen LogP contribution in [0.2, 0.25) is 0 Å². The number of hydrogen-bond acceptors (Lipinski definition) is 5. The zero-order chi connectivity index (χ0) is 20.8. The maximum absolute atomic E-state index is 4.72. The molecule has 0 saturated heterocycles. The van der Waals surface area contributed by atoms with Crippen molar-refractivity contribution in [3.8, 4) is 33.9 Å². The molecule has 0 aliphatic rings. The van der Waals surface area contributed by atoms with Crippen molar-refractivity contribution in [3.05, 3.63) is 78.9 Å². The molecule has 31 heavy (non-hydrogen) atoms. The van der Waals surface area contributed by atoms with Crippen LogP contribution in [0.25, 0.3) is 56.0 Å². The molecule has 6 rings (SSSR count). The van der Waals surface area contributed by atoms with Gasteiger partial charge in [0.2, 0.25) is 0 Å². The van der Waals surface area contributed by atoms with Crippen LogP contribution >= 0.6 is 0 Å². The molecule has 1 aromatic carbocycles. The molecule has 0 spiro atoms. The predicted molar refractivity (Wildman–Crippen MR) is 120 cm³/mol. The van der Waals surface area contributed by atoms with E-state index < -0.39 is 0 Å². The van der Waals surface area contributed by atoms with E-state index in [0.29, 0.717) is 11.5 Å². The van der Waals surface area contributed by atoms with Gasteiger partial charge in [0.15, 0.2) is 11.5 Å². The Labute approximate surface area is 177 Å². The number of nitrogens with zero attached hydrogens (tertiary/aromatic N) is 5. The van der Waals surface area contributed by atoms with Crippen molar-refractivity contribution in [3.63, 3.8) is 0 Å². The van der Waals surface area contributed by atoms with E-state index in [9.17, 15) is 0 Å². The van der Waals surface area contributed by atoms with E-state index in [1.165, 1.54) is 0 Å². The van der Waals surface area contributed by atoms with Crippen molar-refractivity contribution in [1.82, 2.24) is 35.1 Å². The standard InChI is InChI=1S/C24H17N7/c1-14-10-16(13-25-12-14)15-5-6-20-18(11-15)22(31-30-20)24-28-21-17(7-9-27-23(21)29-24)19-4-2-3-8-26-19/h2-13H,1H3,(H,30,31)(H,27,28,29). The van der Waals surface area contributed by atoms with Gasteiger partial charge in [0.1, 0.15) is 5.69 Å². The second-order valence-corrected chi connectivity index (χ2v) is 7.44. The van der Waals surface area contributed by atoms with Crippen LogP contribution in [0.1, 0.15) is 5.56 Å². The molecule has 0 atom stereocenters. The fraction of sp³-hybridized carbons (Fsp3) is 0.0417. The van der Waals surface area contributed by atoms with Gasteiger partial charge in [0.25, 0.3) is 0 Å². The summed E-state index contributed by atoms with van der Waals surface area (Å²) >= 11 is 0. The van der Waals surface area contributed by atoms with Crippen LogP contribution in [0.3, 0.4) is 0 Å². The Morgan fingerprint density at radius 1 is 0.871 bits per heavy atom.